The Balaban J connectivity index is 2.17. The maximum atomic E-state index is 13.3. The summed E-state index contributed by atoms with van der Waals surface area (Å²) in [5, 5.41) is 21.0. The SMILES string of the molecule is CCOc1cc(C2C(=C(O)c3ccc(F)cc3)C(=O)C(=O)N2CCN(C)C)ccc1O. The number of hydrogen-bond acceptors (Lipinski definition) is 6. The highest BCUT2D eigenvalue weighted by Crippen LogP contribution is 2.41. The number of carbonyl (C=O) groups excluding carboxylic acids is 2. The summed E-state index contributed by atoms with van der Waals surface area (Å²) in [4.78, 5) is 29.0. The lowest BCUT2D eigenvalue weighted by molar-refractivity contribution is -0.140. The summed E-state index contributed by atoms with van der Waals surface area (Å²) in [7, 11) is 3.69. The molecule has 0 radical (unpaired) electrons. The third kappa shape index (κ3) is 4.54. The Morgan fingerprint density at radius 3 is 2.45 bits per heavy atom. The highest BCUT2D eigenvalue weighted by Gasteiger charge is 2.46. The first-order valence-corrected chi connectivity index (χ1v) is 9.89. The molecule has 1 amide bonds. The third-order valence-electron chi connectivity index (χ3n) is 5.05. The van der Waals surface area contributed by atoms with Gasteiger partial charge in [-0.05, 0) is 63.0 Å². The Morgan fingerprint density at radius 1 is 1.16 bits per heavy atom. The van der Waals surface area contributed by atoms with Gasteiger partial charge in [0.1, 0.15) is 11.6 Å². The highest BCUT2D eigenvalue weighted by molar-refractivity contribution is 6.46. The lowest BCUT2D eigenvalue weighted by Gasteiger charge is -2.27. The standard InChI is InChI=1S/C23H25FN2O5/c1-4-31-18-13-15(7-10-17(18)27)20-19(21(28)14-5-8-16(24)9-6-14)22(29)23(30)26(20)12-11-25(2)3/h5-10,13,20,27-28H,4,11-12H2,1-3H3. The van der Waals surface area contributed by atoms with E-state index in [1.54, 1.807) is 19.1 Å². The van der Waals surface area contributed by atoms with E-state index >= 15 is 0 Å². The Bertz CT molecular complexity index is 1020. The summed E-state index contributed by atoms with van der Waals surface area (Å²) in [5.41, 5.74) is 0.632. The van der Waals surface area contributed by atoms with Gasteiger partial charge in [0.25, 0.3) is 11.7 Å². The van der Waals surface area contributed by atoms with Crippen LogP contribution in [0.15, 0.2) is 48.0 Å². The van der Waals surface area contributed by atoms with Crippen molar-refractivity contribution in [3.63, 3.8) is 0 Å². The van der Waals surface area contributed by atoms with Crippen molar-refractivity contribution in [3.8, 4) is 11.5 Å². The van der Waals surface area contributed by atoms with Gasteiger partial charge in [-0.15, -0.1) is 0 Å². The summed E-state index contributed by atoms with van der Waals surface area (Å²) < 4.78 is 18.8. The first kappa shape index (κ1) is 22.3. The number of Topliss-reactive ketones (excluding diaryl/α,β-unsaturated/α-hetero) is 1. The predicted octanol–water partition coefficient (Wildman–Crippen LogP) is 2.91. The number of likely N-dealkylation sites (tertiary alicyclic amines) is 1. The van der Waals surface area contributed by atoms with Crippen LogP contribution < -0.4 is 4.74 Å². The van der Waals surface area contributed by atoms with E-state index in [1.165, 1.54) is 35.2 Å². The lowest BCUT2D eigenvalue weighted by Crippen LogP contribution is -2.35. The van der Waals surface area contributed by atoms with Crippen LogP contribution in [0.4, 0.5) is 4.39 Å². The average Bonchev–Trinajstić information content (AvgIpc) is 2.98. The zero-order valence-electron chi connectivity index (χ0n) is 17.6. The van der Waals surface area contributed by atoms with Crippen LogP contribution in [0.2, 0.25) is 0 Å². The predicted molar refractivity (Wildman–Crippen MR) is 113 cm³/mol. The molecule has 2 aromatic rings. The topological polar surface area (TPSA) is 90.3 Å². The monoisotopic (exact) mass is 428 g/mol. The van der Waals surface area contributed by atoms with Crippen LogP contribution in [0.3, 0.4) is 0 Å². The second-order valence-electron chi connectivity index (χ2n) is 7.46. The van der Waals surface area contributed by atoms with Gasteiger partial charge in [-0.3, -0.25) is 9.59 Å². The molecule has 0 aromatic heterocycles. The van der Waals surface area contributed by atoms with Gasteiger partial charge in [-0.1, -0.05) is 6.07 Å². The first-order chi connectivity index (χ1) is 14.7. The summed E-state index contributed by atoms with van der Waals surface area (Å²) >= 11 is 0. The van der Waals surface area contributed by atoms with Gasteiger partial charge in [0.05, 0.1) is 18.2 Å². The van der Waals surface area contributed by atoms with E-state index in [4.69, 9.17) is 4.74 Å². The molecule has 1 saturated heterocycles. The smallest absolute Gasteiger partial charge is 0.295 e. The number of likely N-dealkylation sites (N-methyl/N-ethyl adjacent to an activating group) is 1. The molecule has 1 heterocycles. The van der Waals surface area contributed by atoms with Crippen molar-refractivity contribution < 1.29 is 28.9 Å². The van der Waals surface area contributed by atoms with E-state index in [0.717, 1.165) is 0 Å². The Labute approximate surface area is 180 Å². The fourth-order valence-corrected chi connectivity index (χ4v) is 3.50. The number of nitrogens with zero attached hydrogens (tertiary/aromatic N) is 2. The maximum absolute atomic E-state index is 13.3. The Hall–Kier alpha value is -3.39. The van der Waals surface area contributed by atoms with E-state index in [-0.39, 0.29) is 34.9 Å². The van der Waals surface area contributed by atoms with Crippen molar-refractivity contribution in [1.29, 1.82) is 0 Å². The number of hydrogen-bond donors (Lipinski definition) is 2. The molecule has 1 unspecified atom stereocenters. The van der Waals surface area contributed by atoms with Gasteiger partial charge in [0.2, 0.25) is 0 Å². The molecule has 1 aliphatic heterocycles. The summed E-state index contributed by atoms with van der Waals surface area (Å²) in [6, 6.07) is 8.69. The second kappa shape index (κ2) is 9.18. The number of aromatic hydroxyl groups is 1. The molecule has 8 heteroatoms. The molecular formula is C23H25FN2O5. The van der Waals surface area contributed by atoms with E-state index < -0.39 is 23.5 Å². The number of aliphatic hydroxyl groups is 1. The van der Waals surface area contributed by atoms with Crippen molar-refractivity contribution in [2.75, 3.05) is 33.8 Å². The zero-order chi connectivity index (χ0) is 22.7. The summed E-state index contributed by atoms with van der Waals surface area (Å²) in [6.07, 6.45) is 0. The molecule has 164 valence electrons. The fourth-order valence-electron chi connectivity index (χ4n) is 3.50. The quantitative estimate of drug-likeness (QED) is 0.400. The van der Waals surface area contributed by atoms with Crippen molar-refractivity contribution in [3.05, 3.63) is 65.0 Å². The molecule has 3 rings (SSSR count). The summed E-state index contributed by atoms with van der Waals surface area (Å²) in [6.45, 7) is 2.82. The summed E-state index contributed by atoms with van der Waals surface area (Å²) in [5.74, 6) is -2.30. The maximum Gasteiger partial charge on any atom is 0.295 e. The van der Waals surface area contributed by atoms with Crippen molar-refractivity contribution >= 4 is 17.4 Å². The van der Waals surface area contributed by atoms with E-state index in [9.17, 15) is 24.2 Å². The van der Waals surface area contributed by atoms with E-state index in [2.05, 4.69) is 0 Å². The molecule has 2 aromatic carbocycles. The molecule has 0 saturated carbocycles. The molecule has 1 aliphatic rings. The molecule has 1 fully saturated rings. The van der Waals surface area contributed by atoms with Crippen LogP contribution >= 0.6 is 0 Å². The van der Waals surface area contributed by atoms with Crippen LogP contribution in [0.1, 0.15) is 24.1 Å². The fraction of sp³-hybridized carbons (Fsp3) is 0.304. The minimum atomic E-state index is -0.884. The molecule has 0 aliphatic carbocycles. The van der Waals surface area contributed by atoms with Crippen molar-refractivity contribution in [2.24, 2.45) is 0 Å². The first-order valence-electron chi connectivity index (χ1n) is 9.89. The van der Waals surface area contributed by atoms with Crippen LogP contribution in [0, 0.1) is 5.82 Å². The zero-order valence-corrected chi connectivity index (χ0v) is 17.6. The van der Waals surface area contributed by atoms with Gasteiger partial charge < -0.3 is 24.7 Å². The van der Waals surface area contributed by atoms with Crippen molar-refractivity contribution in [1.82, 2.24) is 9.80 Å². The number of phenolic OH excluding ortho intramolecular Hbond substituents is 1. The Kier molecular flexibility index (Phi) is 6.60. The molecule has 1 atom stereocenters. The molecule has 2 N–H and O–H groups in total. The van der Waals surface area contributed by atoms with Gasteiger partial charge in [-0.25, -0.2) is 4.39 Å². The number of benzene rings is 2. The number of ether oxygens (including phenoxy) is 1. The number of halogens is 1. The van der Waals surface area contributed by atoms with Gasteiger partial charge in [0.15, 0.2) is 11.5 Å². The second-order valence-corrected chi connectivity index (χ2v) is 7.46. The number of ketones is 1. The number of rotatable bonds is 7. The van der Waals surface area contributed by atoms with Crippen molar-refractivity contribution in [2.45, 2.75) is 13.0 Å². The van der Waals surface area contributed by atoms with Crippen LogP contribution in [0.5, 0.6) is 11.5 Å². The molecular weight excluding hydrogens is 403 g/mol. The van der Waals surface area contributed by atoms with E-state index in [1.807, 2.05) is 19.0 Å². The number of phenols is 1. The van der Waals surface area contributed by atoms with Gasteiger partial charge >= 0.3 is 0 Å². The van der Waals surface area contributed by atoms with Crippen LogP contribution in [-0.4, -0.2) is 65.5 Å². The third-order valence-corrected chi connectivity index (χ3v) is 5.05. The molecule has 31 heavy (non-hydrogen) atoms. The minimum absolute atomic E-state index is 0.0747. The molecule has 7 nitrogen and oxygen atoms in total. The lowest BCUT2D eigenvalue weighted by atomic mass is 9.95. The number of carbonyl (C=O) groups is 2. The van der Waals surface area contributed by atoms with Crippen LogP contribution in [0.25, 0.3) is 5.76 Å². The largest absolute Gasteiger partial charge is 0.507 e. The molecule has 0 bridgehead atoms. The minimum Gasteiger partial charge on any atom is -0.507 e. The van der Waals surface area contributed by atoms with Crippen LogP contribution in [-0.2, 0) is 9.59 Å². The number of aliphatic hydroxyl groups excluding tert-OH is 1. The average molecular weight is 428 g/mol. The number of amides is 1. The molecule has 0 spiro atoms. The van der Waals surface area contributed by atoms with Gasteiger partial charge in [0, 0.05) is 18.7 Å². The highest BCUT2D eigenvalue weighted by atomic mass is 19.1. The normalized spacial score (nSPS) is 18.1. The van der Waals surface area contributed by atoms with E-state index in [0.29, 0.717) is 18.7 Å². The van der Waals surface area contributed by atoms with Gasteiger partial charge in [-0.2, -0.15) is 0 Å². The Morgan fingerprint density at radius 2 is 1.84 bits per heavy atom.